The molecule has 0 aliphatic carbocycles. The number of hydrogen-bond donors (Lipinski definition) is 1. The van der Waals surface area contributed by atoms with Crippen molar-refractivity contribution in [1.29, 1.82) is 0 Å². The van der Waals surface area contributed by atoms with E-state index in [0.717, 1.165) is 10.4 Å². The molecular weight excluding hydrogens is 284 g/mol. The molecule has 0 amide bonds. The number of thiophene rings is 1. The summed E-state index contributed by atoms with van der Waals surface area (Å²) in [4.78, 5) is 11.8. The largest absolute Gasteiger partial charge is 0.545 e. The second kappa shape index (κ2) is 5.86. The molecule has 0 saturated carbocycles. The molecular formula is C13H10ClN2O2S-. The molecule has 1 heterocycles. The zero-order chi connectivity index (χ0) is 13.8. The van der Waals surface area contributed by atoms with Crippen molar-refractivity contribution in [1.82, 2.24) is 0 Å². The van der Waals surface area contributed by atoms with Crippen LogP contribution >= 0.6 is 22.9 Å². The standard InChI is InChI=1S/C13H11ClN2O2S/c1-8-4-5-19-12(8)7-15-16-11-6-9(13(17)18)2-3-10(11)14/h2-7,16H,1H3,(H,17,18)/p-1/b15-7-. The lowest BCUT2D eigenvalue weighted by Gasteiger charge is -2.07. The first-order chi connectivity index (χ1) is 9.08. The SMILES string of the molecule is Cc1ccsc1/C=N\Nc1cc(C(=O)[O-])ccc1Cl. The van der Waals surface area contributed by atoms with Gasteiger partial charge in [-0.15, -0.1) is 11.3 Å². The third-order valence-corrected chi connectivity index (χ3v) is 3.75. The van der Waals surface area contributed by atoms with E-state index in [1.54, 1.807) is 17.6 Å². The third-order valence-electron chi connectivity index (χ3n) is 2.47. The average Bonchev–Trinajstić information content (AvgIpc) is 2.77. The molecule has 2 aromatic rings. The molecule has 1 aromatic carbocycles. The van der Waals surface area contributed by atoms with Crippen molar-refractivity contribution < 1.29 is 9.90 Å². The molecule has 0 aliphatic heterocycles. The number of benzene rings is 1. The summed E-state index contributed by atoms with van der Waals surface area (Å²) in [6.07, 6.45) is 1.67. The summed E-state index contributed by atoms with van der Waals surface area (Å²) in [6, 6.07) is 6.25. The molecule has 1 aromatic heterocycles. The van der Waals surface area contributed by atoms with E-state index in [1.807, 2.05) is 18.4 Å². The van der Waals surface area contributed by atoms with Gasteiger partial charge in [-0.1, -0.05) is 17.7 Å². The van der Waals surface area contributed by atoms with E-state index in [1.165, 1.54) is 18.2 Å². The van der Waals surface area contributed by atoms with Gasteiger partial charge in [0.05, 0.1) is 22.9 Å². The molecule has 0 aliphatic rings. The topological polar surface area (TPSA) is 64.5 Å². The minimum atomic E-state index is -1.25. The lowest BCUT2D eigenvalue weighted by Crippen LogP contribution is -2.22. The van der Waals surface area contributed by atoms with Gasteiger partial charge in [0.1, 0.15) is 0 Å². The van der Waals surface area contributed by atoms with Crippen LogP contribution in [0.15, 0.2) is 34.7 Å². The van der Waals surface area contributed by atoms with Gasteiger partial charge in [-0.2, -0.15) is 5.10 Å². The highest BCUT2D eigenvalue weighted by Crippen LogP contribution is 2.23. The Morgan fingerprint density at radius 2 is 2.26 bits per heavy atom. The van der Waals surface area contributed by atoms with E-state index < -0.39 is 5.97 Å². The quantitative estimate of drug-likeness (QED) is 0.696. The van der Waals surface area contributed by atoms with Crippen molar-refractivity contribution >= 4 is 40.8 Å². The average molecular weight is 294 g/mol. The highest BCUT2D eigenvalue weighted by Gasteiger charge is 2.02. The molecule has 1 N–H and O–H groups in total. The molecule has 19 heavy (non-hydrogen) atoms. The van der Waals surface area contributed by atoms with Gasteiger partial charge in [0.25, 0.3) is 0 Å². The van der Waals surface area contributed by atoms with Gasteiger partial charge in [0, 0.05) is 4.88 Å². The minimum Gasteiger partial charge on any atom is -0.545 e. The Morgan fingerprint density at radius 3 is 2.89 bits per heavy atom. The monoisotopic (exact) mass is 293 g/mol. The number of rotatable bonds is 4. The Bertz CT molecular complexity index is 637. The van der Waals surface area contributed by atoms with Gasteiger partial charge < -0.3 is 9.90 Å². The number of carbonyl (C=O) groups excluding carboxylic acids is 1. The summed E-state index contributed by atoms with van der Waals surface area (Å²) in [7, 11) is 0. The maximum Gasteiger partial charge on any atom is 0.0754 e. The number of carbonyl (C=O) groups is 1. The summed E-state index contributed by atoms with van der Waals surface area (Å²) in [5, 5.41) is 17.2. The first kappa shape index (κ1) is 13.6. The fraction of sp³-hybridized carbons (Fsp3) is 0.0769. The normalized spacial score (nSPS) is 10.8. The van der Waals surface area contributed by atoms with E-state index in [4.69, 9.17) is 11.6 Å². The van der Waals surface area contributed by atoms with Crippen molar-refractivity contribution in [3.05, 3.63) is 50.7 Å². The number of halogens is 1. The van der Waals surface area contributed by atoms with Crippen molar-refractivity contribution in [2.45, 2.75) is 6.92 Å². The second-order valence-corrected chi connectivity index (χ2v) is 5.17. The number of aromatic carboxylic acids is 1. The van der Waals surface area contributed by atoms with Gasteiger partial charge in [0.2, 0.25) is 0 Å². The van der Waals surface area contributed by atoms with Gasteiger partial charge >= 0.3 is 0 Å². The number of anilines is 1. The highest BCUT2D eigenvalue weighted by atomic mass is 35.5. The molecule has 4 nitrogen and oxygen atoms in total. The van der Waals surface area contributed by atoms with Crippen LogP contribution in [0.1, 0.15) is 20.8 Å². The van der Waals surface area contributed by atoms with Crippen molar-refractivity contribution in [2.75, 3.05) is 5.43 Å². The maximum absolute atomic E-state index is 10.8. The first-order valence-corrected chi connectivity index (χ1v) is 6.68. The summed E-state index contributed by atoms with van der Waals surface area (Å²) in [5.74, 6) is -1.25. The summed E-state index contributed by atoms with van der Waals surface area (Å²) in [5.41, 5.74) is 4.33. The number of carboxylic acid groups (broad SMARTS) is 1. The number of hydrogen-bond acceptors (Lipinski definition) is 5. The number of carboxylic acids is 1. The number of aryl methyl sites for hydroxylation is 1. The fourth-order valence-electron chi connectivity index (χ4n) is 1.42. The molecule has 0 spiro atoms. The predicted octanol–water partition coefficient (Wildman–Crippen LogP) is 2.52. The molecule has 0 atom stereocenters. The highest BCUT2D eigenvalue weighted by molar-refractivity contribution is 7.11. The van der Waals surface area contributed by atoms with Crippen LogP contribution in [0.3, 0.4) is 0 Å². The van der Waals surface area contributed by atoms with Crippen LogP contribution in [0.2, 0.25) is 5.02 Å². The van der Waals surface area contributed by atoms with Gasteiger partial charge in [0.15, 0.2) is 0 Å². The summed E-state index contributed by atoms with van der Waals surface area (Å²) in [6.45, 7) is 1.99. The Hall–Kier alpha value is -1.85. The molecule has 2 rings (SSSR count). The van der Waals surface area contributed by atoms with Crippen LogP contribution in [0.4, 0.5) is 5.69 Å². The molecule has 0 radical (unpaired) electrons. The summed E-state index contributed by atoms with van der Waals surface area (Å²) < 4.78 is 0. The molecule has 0 saturated heterocycles. The molecule has 0 fully saturated rings. The van der Waals surface area contributed by atoms with Crippen molar-refractivity contribution in [3.63, 3.8) is 0 Å². The zero-order valence-corrected chi connectivity index (χ0v) is 11.6. The Morgan fingerprint density at radius 1 is 1.47 bits per heavy atom. The van der Waals surface area contributed by atoms with Gasteiger partial charge in [-0.25, -0.2) is 0 Å². The van der Waals surface area contributed by atoms with Crippen LogP contribution in [0, 0.1) is 6.92 Å². The number of nitrogens with zero attached hydrogens (tertiary/aromatic N) is 1. The van der Waals surface area contributed by atoms with E-state index in [0.29, 0.717) is 10.7 Å². The molecule has 0 bridgehead atoms. The van der Waals surface area contributed by atoms with Crippen LogP contribution in [0.25, 0.3) is 0 Å². The first-order valence-electron chi connectivity index (χ1n) is 5.42. The lowest BCUT2D eigenvalue weighted by molar-refractivity contribution is -0.255. The maximum atomic E-state index is 10.8. The van der Waals surface area contributed by atoms with Crippen LogP contribution in [-0.4, -0.2) is 12.2 Å². The zero-order valence-electron chi connectivity index (χ0n) is 10.0. The van der Waals surface area contributed by atoms with Crippen LogP contribution < -0.4 is 10.5 Å². The molecule has 6 heteroatoms. The molecule has 98 valence electrons. The van der Waals surface area contributed by atoms with E-state index >= 15 is 0 Å². The Kier molecular flexibility index (Phi) is 4.19. The third kappa shape index (κ3) is 3.33. The van der Waals surface area contributed by atoms with Gasteiger partial charge in [-0.3, -0.25) is 5.43 Å². The minimum absolute atomic E-state index is 0.0504. The Labute approximate surface area is 119 Å². The Balaban J connectivity index is 2.15. The van der Waals surface area contributed by atoms with Crippen LogP contribution in [0.5, 0.6) is 0 Å². The van der Waals surface area contributed by atoms with E-state index in [-0.39, 0.29) is 5.56 Å². The smallest absolute Gasteiger partial charge is 0.0754 e. The van der Waals surface area contributed by atoms with Crippen molar-refractivity contribution in [3.8, 4) is 0 Å². The van der Waals surface area contributed by atoms with E-state index in [9.17, 15) is 9.90 Å². The molecule has 0 unspecified atom stereocenters. The van der Waals surface area contributed by atoms with Crippen LogP contribution in [-0.2, 0) is 0 Å². The number of nitrogens with one attached hydrogen (secondary N) is 1. The second-order valence-electron chi connectivity index (χ2n) is 3.82. The summed E-state index contributed by atoms with van der Waals surface area (Å²) >= 11 is 7.52. The number of hydrazone groups is 1. The predicted molar refractivity (Wildman–Crippen MR) is 76.1 cm³/mol. The van der Waals surface area contributed by atoms with Gasteiger partial charge in [-0.05, 0) is 41.6 Å². The lowest BCUT2D eigenvalue weighted by atomic mass is 10.2. The van der Waals surface area contributed by atoms with Crippen molar-refractivity contribution in [2.24, 2.45) is 5.10 Å². The van der Waals surface area contributed by atoms with E-state index in [2.05, 4.69) is 10.5 Å². The fourth-order valence-corrected chi connectivity index (χ4v) is 2.36.